The summed E-state index contributed by atoms with van der Waals surface area (Å²) in [6, 6.07) is 11.8. The maximum absolute atomic E-state index is 13.6. The molecule has 0 aromatic heterocycles. The van der Waals surface area contributed by atoms with Crippen LogP contribution in [0.15, 0.2) is 48.5 Å². The number of amides is 2. The second-order valence-electron chi connectivity index (χ2n) is 6.77. The Kier molecular flexibility index (Phi) is 10.8. The van der Waals surface area contributed by atoms with Gasteiger partial charge in [-0.25, -0.2) is 0 Å². The predicted molar refractivity (Wildman–Crippen MR) is 120 cm³/mol. The number of carbonyl (C=O) groups is 2. The van der Waals surface area contributed by atoms with E-state index in [1.165, 1.54) is 37.2 Å². The summed E-state index contributed by atoms with van der Waals surface area (Å²) >= 11 is 0. The molecule has 2 amide bonds. The van der Waals surface area contributed by atoms with E-state index in [-0.39, 0.29) is 6.41 Å². The minimum absolute atomic E-state index is 0.0474. The van der Waals surface area contributed by atoms with Crippen LogP contribution in [0.4, 0.5) is 18.9 Å². The Bertz CT molecular complexity index is 1010. The molecule has 0 spiro atoms. The Morgan fingerprint density at radius 1 is 1.15 bits per heavy atom. The number of nitrogens with zero attached hydrogens (tertiary/aromatic N) is 3. The molecule has 2 rings (SSSR count). The summed E-state index contributed by atoms with van der Waals surface area (Å²) < 4.78 is 45.1. The molecule has 34 heavy (non-hydrogen) atoms. The molecule has 0 aliphatic carbocycles. The first-order chi connectivity index (χ1) is 16.0. The maximum atomic E-state index is 13.6. The summed E-state index contributed by atoms with van der Waals surface area (Å²) in [5, 5.41) is 8.98. The van der Waals surface area contributed by atoms with Gasteiger partial charge in [-0.1, -0.05) is 44.2 Å². The van der Waals surface area contributed by atoms with Crippen LogP contribution < -0.4 is 4.90 Å². The molecule has 0 saturated carbocycles. The van der Waals surface area contributed by atoms with Crippen LogP contribution in [-0.2, 0) is 25.8 Å². The van der Waals surface area contributed by atoms with E-state index in [0.717, 1.165) is 12.1 Å². The van der Waals surface area contributed by atoms with Gasteiger partial charge in [0.2, 0.25) is 6.41 Å². The van der Waals surface area contributed by atoms with Crippen LogP contribution in [0.3, 0.4) is 0 Å². The van der Waals surface area contributed by atoms with E-state index >= 15 is 0 Å². The lowest BCUT2D eigenvalue weighted by Gasteiger charge is -2.40. The molecule has 0 unspecified atom stereocenters. The number of hydrogen-bond donors (Lipinski definition) is 2. The average Bonchev–Trinajstić information content (AvgIpc) is 2.81. The van der Waals surface area contributed by atoms with Crippen molar-refractivity contribution >= 4 is 26.6 Å². The van der Waals surface area contributed by atoms with Crippen molar-refractivity contribution < 1.29 is 37.1 Å². The first-order valence-electron chi connectivity index (χ1n) is 9.93. The fourth-order valence-corrected chi connectivity index (χ4v) is 3.45. The summed E-state index contributed by atoms with van der Waals surface area (Å²) in [6.45, 7) is 3.38. The molecule has 0 saturated heterocycles. The van der Waals surface area contributed by atoms with Crippen molar-refractivity contribution in [3.63, 3.8) is 0 Å². The van der Waals surface area contributed by atoms with Gasteiger partial charge in [0.25, 0.3) is 5.91 Å². The standard InChI is InChI=1S/C20H19F3N3O5P.C2H6/c1-25(2)19(12-31-32(29)30,15-6-4-3-5-7-15)18(28)26(13-27)16-9-8-14(11-24)17(10-16)20(21,22)23;1-2/h3-10,13,29-30H,12H2,1-2H3;1-2H3/t19-;/m1./s1. The van der Waals surface area contributed by atoms with Crippen LogP contribution in [0, 0.1) is 11.3 Å². The van der Waals surface area contributed by atoms with Gasteiger partial charge in [0.05, 0.1) is 29.5 Å². The molecule has 0 fully saturated rings. The zero-order chi connectivity index (χ0) is 26.1. The molecule has 0 heterocycles. The fourth-order valence-electron chi connectivity index (χ4n) is 3.15. The summed E-state index contributed by atoms with van der Waals surface area (Å²) in [5.74, 6) is -1.00. The highest BCUT2D eigenvalue weighted by Gasteiger charge is 2.47. The van der Waals surface area contributed by atoms with Gasteiger partial charge >= 0.3 is 14.8 Å². The number of benzene rings is 2. The third-order valence-electron chi connectivity index (χ3n) is 4.79. The monoisotopic (exact) mass is 499 g/mol. The van der Waals surface area contributed by atoms with Crippen molar-refractivity contribution in [1.82, 2.24) is 4.90 Å². The van der Waals surface area contributed by atoms with Gasteiger partial charge in [-0.05, 0) is 37.9 Å². The van der Waals surface area contributed by atoms with Crippen molar-refractivity contribution in [2.24, 2.45) is 0 Å². The number of imide groups is 1. The topological polar surface area (TPSA) is 114 Å². The number of rotatable bonds is 8. The first-order valence-corrected chi connectivity index (χ1v) is 11.1. The highest BCUT2D eigenvalue weighted by molar-refractivity contribution is 7.39. The number of anilines is 1. The SMILES string of the molecule is CC.CN(C)[C@@](COP(O)O)(C(=O)N(C=O)c1ccc(C#N)c(C(F)(F)F)c1)c1ccccc1. The van der Waals surface area contributed by atoms with Crippen molar-refractivity contribution in [2.75, 3.05) is 25.6 Å². The minimum Gasteiger partial charge on any atom is -0.328 e. The van der Waals surface area contributed by atoms with Gasteiger partial charge in [-0.3, -0.25) is 19.4 Å². The molecule has 2 aromatic rings. The molecular formula is C22H25F3N3O5P. The number of likely N-dealkylation sites (N-methyl/N-ethyl adjacent to an activating group) is 1. The second-order valence-corrected chi connectivity index (χ2v) is 7.53. The third-order valence-corrected chi connectivity index (χ3v) is 5.15. The Hall–Kier alpha value is -2.87. The van der Waals surface area contributed by atoms with Crippen LogP contribution >= 0.6 is 8.60 Å². The molecule has 0 bridgehead atoms. The highest BCUT2D eigenvalue weighted by atomic mass is 31.2. The average molecular weight is 499 g/mol. The predicted octanol–water partition coefficient (Wildman–Crippen LogP) is 3.78. The fraction of sp³-hybridized carbons (Fsp3) is 0.318. The van der Waals surface area contributed by atoms with Crippen LogP contribution in [0.2, 0.25) is 0 Å². The molecule has 2 aromatic carbocycles. The van der Waals surface area contributed by atoms with E-state index in [1.54, 1.807) is 18.2 Å². The molecule has 0 aliphatic heterocycles. The quantitative estimate of drug-likeness (QED) is 0.420. The van der Waals surface area contributed by atoms with Crippen molar-refractivity contribution in [3.8, 4) is 6.07 Å². The lowest BCUT2D eigenvalue weighted by molar-refractivity contribution is -0.138. The number of alkyl halides is 3. The molecule has 184 valence electrons. The number of hydrogen-bond acceptors (Lipinski definition) is 7. The number of halogens is 3. The van der Waals surface area contributed by atoms with Crippen molar-refractivity contribution in [1.29, 1.82) is 5.26 Å². The summed E-state index contributed by atoms with van der Waals surface area (Å²) in [6.07, 6.45) is -4.85. The van der Waals surface area contributed by atoms with Gasteiger partial charge in [0.15, 0.2) is 5.54 Å². The maximum Gasteiger partial charge on any atom is 0.417 e. The van der Waals surface area contributed by atoms with Crippen LogP contribution in [0.5, 0.6) is 0 Å². The van der Waals surface area contributed by atoms with Gasteiger partial charge in [-0.15, -0.1) is 0 Å². The summed E-state index contributed by atoms with van der Waals surface area (Å²) in [7, 11) is 0.0526. The van der Waals surface area contributed by atoms with Crippen LogP contribution in [0.25, 0.3) is 0 Å². The number of nitriles is 1. The van der Waals surface area contributed by atoms with Crippen LogP contribution in [0.1, 0.15) is 30.5 Å². The normalized spacial score (nSPS) is 12.9. The highest BCUT2D eigenvalue weighted by Crippen LogP contribution is 2.38. The van der Waals surface area contributed by atoms with E-state index in [9.17, 15) is 32.5 Å². The van der Waals surface area contributed by atoms with Crippen molar-refractivity contribution in [2.45, 2.75) is 25.6 Å². The molecular weight excluding hydrogens is 474 g/mol. The number of carbonyl (C=O) groups excluding carboxylic acids is 2. The summed E-state index contributed by atoms with van der Waals surface area (Å²) in [5.41, 5.74) is -3.91. The smallest absolute Gasteiger partial charge is 0.328 e. The molecule has 0 aliphatic rings. The Balaban J connectivity index is 0.00000281. The van der Waals surface area contributed by atoms with E-state index in [1.807, 2.05) is 13.8 Å². The van der Waals surface area contributed by atoms with Crippen molar-refractivity contribution in [3.05, 3.63) is 65.2 Å². The Morgan fingerprint density at radius 2 is 1.74 bits per heavy atom. The van der Waals surface area contributed by atoms with Gasteiger partial charge in [-0.2, -0.15) is 18.4 Å². The molecule has 12 heteroatoms. The van der Waals surface area contributed by atoms with E-state index in [0.29, 0.717) is 16.5 Å². The molecule has 2 N–H and O–H groups in total. The van der Waals surface area contributed by atoms with E-state index in [2.05, 4.69) is 0 Å². The zero-order valence-electron chi connectivity index (χ0n) is 18.9. The zero-order valence-corrected chi connectivity index (χ0v) is 19.8. The van der Waals surface area contributed by atoms with Gasteiger partial charge in [0, 0.05) is 0 Å². The van der Waals surface area contributed by atoms with Crippen LogP contribution in [-0.4, -0.2) is 47.7 Å². The lowest BCUT2D eigenvalue weighted by Crippen LogP contribution is -2.57. The molecule has 0 radical (unpaired) electrons. The molecule has 1 atom stereocenters. The van der Waals surface area contributed by atoms with E-state index in [4.69, 9.17) is 9.79 Å². The Morgan fingerprint density at radius 3 is 2.18 bits per heavy atom. The Labute approximate surface area is 196 Å². The lowest BCUT2D eigenvalue weighted by atomic mass is 9.87. The van der Waals surface area contributed by atoms with Gasteiger partial charge < -0.3 is 14.3 Å². The second kappa shape index (κ2) is 12.6. The largest absolute Gasteiger partial charge is 0.417 e. The van der Waals surface area contributed by atoms with E-state index < -0.39 is 49.6 Å². The molecule has 8 nitrogen and oxygen atoms in total. The van der Waals surface area contributed by atoms with Gasteiger partial charge in [0.1, 0.15) is 0 Å². The summed E-state index contributed by atoms with van der Waals surface area (Å²) in [4.78, 5) is 45.9. The third kappa shape index (κ3) is 6.38. The minimum atomic E-state index is -4.90. The first kappa shape index (κ1) is 29.2.